The molecule has 0 radical (unpaired) electrons. The van der Waals surface area contributed by atoms with Gasteiger partial charge in [0.2, 0.25) is 0 Å². The van der Waals surface area contributed by atoms with Gasteiger partial charge in [0.25, 0.3) is 0 Å². The molecule has 0 atom stereocenters. The third kappa shape index (κ3) is 21.7. The molecule has 0 rings (SSSR count). The standard InChI is InChI=1S/C10H14O4.2C3H8/c1-7(2)9(11)13-5-6-14-10(12)8(3)4;2*1-3-2/h1,3,5-6H2,2,4H3;2*3H2,1-2H3. The summed E-state index contributed by atoms with van der Waals surface area (Å²) >= 11 is 0. The van der Waals surface area contributed by atoms with E-state index >= 15 is 0 Å². The van der Waals surface area contributed by atoms with Crippen molar-refractivity contribution in [2.45, 2.75) is 54.4 Å². The van der Waals surface area contributed by atoms with E-state index in [9.17, 15) is 9.59 Å². The van der Waals surface area contributed by atoms with E-state index in [1.807, 2.05) is 0 Å². The van der Waals surface area contributed by atoms with E-state index < -0.39 is 11.9 Å². The zero-order chi connectivity index (χ0) is 16.6. The van der Waals surface area contributed by atoms with Crippen molar-refractivity contribution in [1.82, 2.24) is 0 Å². The summed E-state index contributed by atoms with van der Waals surface area (Å²) < 4.78 is 9.38. The maximum absolute atomic E-state index is 10.8. The lowest BCUT2D eigenvalue weighted by molar-refractivity contribution is -0.147. The van der Waals surface area contributed by atoms with E-state index in [0.29, 0.717) is 11.1 Å². The number of carbonyl (C=O) groups excluding carboxylic acids is 2. The zero-order valence-electron chi connectivity index (χ0n) is 13.9. The Morgan fingerprint density at radius 3 is 1.10 bits per heavy atom. The molecule has 0 aliphatic carbocycles. The average Bonchev–Trinajstić information content (AvgIpc) is 2.35. The highest BCUT2D eigenvalue weighted by Gasteiger charge is 2.05. The smallest absolute Gasteiger partial charge is 0.333 e. The molecule has 4 heteroatoms. The predicted octanol–water partition coefficient (Wildman–Crippen LogP) is 4.06. The van der Waals surface area contributed by atoms with Crippen molar-refractivity contribution < 1.29 is 19.1 Å². The van der Waals surface area contributed by atoms with Crippen molar-refractivity contribution in [3.63, 3.8) is 0 Å². The van der Waals surface area contributed by atoms with E-state index in [4.69, 9.17) is 0 Å². The molecule has 0 amide bonds. The highest BCUT2D eigenvalue weighted by atomic mass is 16.6. The van der Waals surface area contributed by atoms with Crippen LogP contribution in [0.5, 0.6) is 0 Å². The molecule has 0 aromatic carbocycles. The summed E-state index contributed by atoms with van der Waals surface area (Å²) in [6.07, 6.45) is 2.50. The van der Waals surface area contributed by atoms with Crippen LogP contribution in [-0.4, -0.2) is 25.2 Å². The number of rotatable bonds is 5. The van der Waals surface area contributed by atoms with Gasteiger partial charge < -0.3 is 9.47 Å². The van der Waals surface area contributed by atoms with Gasteiger partial charge in [0.1, 0.15) is 13.2 Å². The summed E-state index contributed by atoms with van der Waals surface area (Å²) in [5, 5.41) is 0. The van der Waals surface area contributed by atoms with Gasteiger partial charge in [-0.1, -0.05) is 53.7 Å². The Morgan fingerprint density at radius 2 is 0.950 bits per heavy atom. The maximum atomic E-state index is 10.8. The summed E-state index contributed by atoms with van der Waals surface area (Å²) in [5.74, 6) is -0.979. The number of hydrogen-bond donors (Lipinski definition) is 0. The Bertz CT molecular complexity index is 263. The largest absolute Gasteiger partial charge is 0.459 e. The van der Waals surface area contributed by atoms with Crippen LogP contribution in [0.15, 0.2) is 24.3 Å². The SMILES string of the molecule is C=C(C)C(=O)OCCOC(=O)C(=C)C.CCC.CCC. The van der Waals surface area contributed by atoms with Crippen LogP contribution in [0, 0.1) is 0 Å². The molecule has 0 aromatic rings. The Balaban J connectivity index is -0.000000408. The molecule has 0 fully saturated rings. The lowest BCUT2D eigenvalue weighted by atomic mass is 10.4. The second kappa shape index (κ2) is 17.4. The van der Waals surface area contributed by atoms with Crippen LogP contribution in [0.4, 0.5) is 0 Å². The minimum Gasteiger partial charge on any atom is -0.459 e. The monoisotopic (exact) mass is 286 g/mol. The van der Waals surface area contributed by atoms with E-state index in [-0.39, 0.29) is 13.2 Å². The Kier molecular flexibility index (Phi) is 20.5. The van der Waals surface area contributed by atoms with Crippen LogP contribution in [0.1, 0.15) is 54.4 Å². The molecule has 0 bridgehead atoms. The van der Waals surface area contributed by atoms with Crippen molar-refractivity contribution >= 4 is 11.9 Å². The number of ether oxygens (including phenoxy) is 2. The molecular weight excluding hydrogens is 256 g/mol. The van der Waals surface area contributed by atoms with Gasteiger partial charge in [-0.3, -0.25) is 0 Å². The van der Waals surface area contributed by atoms with E-state index in [0.717, 1.165) is 0 Å². The second-order valence-corrected chi connectivity index (χ2v) is 4.25. The maximum Gasteiger partial charge on any atom is 0.333 e. The molecule has 0 unspecified atom stereocenters. The first-order chi connectivity index (χ1) is 9.28. The molecule has 0 aromatic heterocycles. The van der Waals surface area contributed by atoms with Crippen LogP contribution in [0.25, 0.3) is 0 Å². The summed E-state index contributed by atoms with van der Waals surface area (Å²) in [6, 6.07) is 0. The average molecular weight is 286 g/mol. The minimum absolute atomic E-state index is 0.0325. The molecule has 0 saturated heterocycles. The summed E-state index contributed by atoms with van der Waals surface area (Å²) in [7, 11) is 0. The lowest BCUT2D eigenvalue weighted by Gasteiger charge is -2.05. The Labute approximate surface area is 123 Å². The molecule has 0 saturated carbocycles. The number of carbonyl (C=O) groups is 2. The molecule has 0 N–H and O–H groups in total. The highest BCUT2D eigenvalue weighted by molar-refractivity contribution is 5.87. The van der Waals surface area contributed by atoms with Crippen LogP contribution >= 0.6 is 0 Å². The van der Waals surface area contributed by atoms with Crippen molar-refractivity contribution in [3.8, 4) is 0 Å². The van der Waals surface area contributed by atoms with Crippen LogP contribution < -0.4 is 0 Å². The van der Waals surface area contributed by atoms with Gasteiger partial charge in [-0.2, -0.15) is 0 Å². The first kappa shape index (κ1) is 23.5. The van der Waals surface area contributed by atoms with E-state index in [2.05, 4.69) is 50.3 Å². The minimum atomic E-state index is -0.489. The number of esters is 2. The second-order valence-electron chi connectivity index (χ2n) is 4.25. The first-order valence-corrected chi connectivity index (χ1v) is 6.93. The topological polar surface area (TPSA) is 52.6 Å². The Morgan fingerprint density at radius 1 is 0.750 bits per heavy atom. The van der Waals surface area contributed by atoms with E-state index in [1.165, 1.54) is 12.8 Å². The van der Waals surface area contributed by atoms with Gasteiger partial charge >= 0.3 is 11.9 Å². The molecule has 118 valence electrons. The molecule has 0 spiro atoms. The van der Waals surface area contributed by atoms with Crippen molar-refractivity contribution in [2.24, 2.45) is 0 Å². The fourth-order valence-electron chi connectivity index (χ4n) is 0.515. The van der Waals surface area contributed by atoms with Gasteiger partial charge in [-0.15, -0.1) is 0 Å². The fourth-order valence-corrected chi connectivity index (χ4v) is 0.515. The third-order valence-electron chi connectivity index (χ3n) is 1.25. The van der Waals surface area contributed by atoms with Crippen molar-refractivity contribution in [3.05, 3.63) is 24.3 Å². The normalized spacial score (nSPS) is 8.10. The van der Waals surface area contributed by atoms with Crippen LogP contribution in [-0.2, 0) is 19.1 Å². The third-order valence-corrected chi connectivity index (χ3v) is 1.25. The summed E-state index contributed by atoms with van der Waals surface area (Å²) in [5.41, 5.74) is 0.632. The van der Waals surface area contributed by atoms with Gasteiger partial charge in [-0.25, -0.2) is 9.59 Å². The van der Waals surface area contributed by atoms with Gasteiger partial charge in [0.15, 0.2) is 0 Å². The first-order valence-electron chi connectivity index (χ1n) is 6.93. The fraction of sp³-hybridized carbons (Fsp3) is 0.625. The van der Waals surface area contributed by atoms with Gasteiger partial charge in [-0.05, 0) is 13.8 Å². The highest BCUT2D eigenvalue weighted by Crippen LogP contribution is 1.94. The van der Waals surface area contributed by atoms with E-state index in [1.54, 1.807) is 13.8 Å². The van der Waals surface area contributed by atoms with Gasteiger partial charge in [0.05, 0.1) is 0 Å². The lowest BCUT2D eigenvalue weighted by Crippen LogP contribution is -2.14. The molecule has 0 heterocycles. The van der Waals surface area contributed by atoms with Crippen molar-refractivity contribution in [1.29, 1.82) is 0 Å². The van der Waals surface area contributed by atoms with Crippen LogP contribution in [0.3, 0.4) is 0 Å². The predicted molar refractivity (Wildman–Crippen MR) is 83.5 cm³/mol. The van der Waals surface area contributed by atoms with Crippen molar-refractivity contribution in [2.75, 3.05) is 13.2 Å². The summed E-state index contributed by atoms with van der Waals surface area (Å²) in [4.78, 5) is 21.7. The summed E-state index contributed by atoms with van der Waals surface area (Å²) in [6.45, 7) is 18.5. The molecule has 0 aliphatic rings. The van der Waals surface area contributed by atoms with Crippen LogP contribution in [0.2, 0.25) is 0 Å². The zero-order valence-corrected chi connectivity index (χ0v) is 13.9. The molecule has 20 heavy (non-hydrogen) atoms. The van der Waals surface area contributed by atoms with Gasteiger partial charge in [0, 0.05) is 11.1 Å². The quantitative estimate of drug-likeness (QED) is 0.434. The molecular formula is C16H30O4. The Hall–Kier alpha value is -1.58. The molecule has 0 aliphatic heterocycles. The number of hydrogen-bond acceptors (Lipinski definition) is 4. The molecule has 4 nitrogen and oxygen atoms in total.